The first-order valence-electron chi connectivity index (χ1n) is 9.77. The van der Waals surface area contributed by atoms with Gasteiger partial charge in [0.1, 0.15) is 11.6 Å². The van der Waals surface area contributed by atoms with Gasteiger partial charge in [-0.3, -0.25) is 0 Å². The highest BCUT2D eigenvalue weighted by atomic mass is 15.0. The normalized spacial score (nSPS) is 13.8. The summed E-state index contributed by atoms with van der Waals surface area (Å²) in [6.07, 6.45) is 10.1. The molecule has 0 radical (unpaired) electrons. The standard InChI is InChI=1S/C22H16BN7/c1-14-11-30-12-17(8-16(9-24)22(30)27-14)21-26-10-20-19(29-21)3-2-18(28-20)15-4-6-23(13-25)7-5-15/h2-4,8,10-12H,5-7H2,1H3. The van der Waals surface area contributed by atoms with Crippen molar-refractivity contribution >= 4 is 29.0 Å². The van der Waals surface area contributed by atoms with E-state index in [0.717, 1.165) is 47.0 Å². The second-order valence-electron chi connectivity index (χ2n) is 7.49. The summed E-state index contributed by atoms with van der Waals surface area (Å²) in [7, 11) is 0. The van der Waals surface area contributed by atoms with Crippen molar-refractivity contribution in [2.75, 3.05) is 0 Å². The molecule has 0 saturated carbocycles. The zero-order valence-corrected chi connectivity index (χ0v) is 16.4. The lowest BCUT2D eigenvalue weighted by atomic mass is 9.44. The third-order valence-electron chi connectivity index (χ3n) is 5.41. The zero-order chi connectivity index (χ0) is 20.7. The van der Waals surface area contributed by atoms with Crippen LogP contribution < -0.4 is 0 Å². The lowest BCUT2D eigenvalue weighted by Gasteiger charge is -2.14. The molecule has 0 bridgehead atoms. The minimum atomic E-state index is 0.107. The number of fused-ring (bicyclic) bond motifs is 2. The second-order valence-corrected chi connectivity index (χ2v) is 7.49. The van der Waals surface area contributed by atoms with Crippen molar-refractivity contribution in [3.63, 3.8) is 0 Å². The number of hydrogen-bond acceptors (Lipinski definition) is 6. The topological polar surface area (TPSA) is 104 Å². The van der Waals surface area contributed by atoms with Crippen LogP contribution in [0, 0.1) is 29.5 Å². The number of nitriles is 2. The Morgan fingerprint density at radius 1 is 1.10 bits per heavy atom. The monoisotopic (exact) mass is 389 g/mol. The van der Waals surface area contributed by atoms with Gasteiger partial charge in [-0.25, -0.2) is 25.2 Å². The van der Waals surface area contributed by atoms with Gasteiger partial charge in [-0.2, -0.15) is 5.26 Å². The fourth-order valence-electron chi connectivity index (χ4n) is 3.85. The maximum atomic E-state index is 9.50. The van der Waals surface area contributed by atoms with Crippen molar-refractivity contribution in [2.45, 2.75) is 26.0 Å². The Hall–Kier alpha value is -4.04. The van der Waals surface area contributed by atoms with Gasteiger partial charge in [0.15, 0.2) is 11.5 Å². The summed E-state index contributed by atoms with van der Waals surface area (Å²) in [6, 6.07) is 7.89. The van der Waals surface area contributed by atoms with E-state index in [9.17, 15) is 5.26 Å². The molecule has 0 spiro atoms. The minimum absolute atomic E-state index is 0.107. The van der Waals surface area contributed by atoms with E-state index in [1.807, 2.05) is 35.9 Å². The van der Waals surface area contributed by atoms with Crippen LogP contribution in [0.3, 0.4) is 0 Å². The van der Waals surface area contributed by atoms with Crippen molar-refractivity contribution in [3.05, 3.63) is 59.8 Å². The molecule has 0 amide bonds. The SMILES string of the molecule is Cc1cn2cc(-c3ncc4nc(C5=CCB(C#N)CC5)ccc4n3)cc(C#N)c2n1. The third-order valence-corrected chi connectivity index (χ3v) is 5.41. The van der Waals surface area contributed by atoms with Gasteiger partial charge < -0.3 is 4.40 Å². The van der Waals surface area contributed by atoms with E-state index in [-0.39, 0.29) is 6.71 Å². The van der Waals surface area contributed by atoms with Crippen molar-refractivity contribution in [1.82, 2.24) is 24.3 Å². The van der Waals surface area contributed by atoms with Gasteiger partial charge in [-0.05, 0) is 43.4 Å². The molecule has 0 N–H and O–H groups in total. The number of allylic oxidation sites excluding steroid dienone is 2. The van der Waals surface area contributed by atoms with Crippen LogP contribution in [0.2, 0.25) is 12.6 Å². The fourth-order valence-corrected chi connectivity index (χ4v) is 3.85. The summed E-state index contributed by atoms with van der Waals surface area (Å²) in [5.41, 5.74) is 6.26. The van der Waals surface area contributed by atoms with Crippen molar-refractivity contribution < 1.29 is 0 Å². The molecule has 30 heavy (non-hydrogen) atoms. The molecular formula is C22H16BN7. The Bertz CT molecular complexity index is 1420. The van der Waals surface area contributed by atoms with Gasteiger partial charge in [0, 0.05) is 23.9 Å². The maximum Gasteiger partial charge on any atom is 0.271 e. The maximum absolute atomic E-state index is 9.50. The summed E-state index contributed by atoms with van der Waals surface area (Å²) in [5.74, 6) is 2.87. The van der Waals surface area contributed by atoms with E-state index >= 15 is 0 Å². The second kappa shape index (κ2) is 7.09. The summed E-state index contributed by atoms with van der Waals surface area (Å²) >= 11 is 0. The van der Waals surface area contributed by atoms with Crippen LogP contribution in [-0.4, -0.2) is 31.0 Å². The predicted molar refractivity (Wildman–Crippen MR) is 115 cm³/mol. The molecule has 5 rings (SSSR count). The lowest BCUT2D eigenvalue weighted by Crippen LogP contribution is -2.12. The fraction of sp³-hybridized carbons (Fsp3) is 0.182. The van der Waals surface area contributed by atoms with Crippen molar-refractivity contribution in [2.24, 2.45) is 0 Å². The summed E-state index contributed by atoms with van der Waals surface area (Å²) < 4.78 is 1.84. The molecule has 0 atom stereocenters. The van der Waals surface area contributed by atoms with Gasteiger partial charge in [0.05, 0.1) is 28.7 Å². The van der Waals surface area contributed by atoms with Crippen LogP contribution in [0.5, 0.6) is 0 Å². The molecule has 1 aliphatic heterocycles. The van der Waals surface area contributed by atoms with E-state index in [0.29, 0.717) is 17.0 Å². The van der Waals surface area contributed by atoms with E-state index in [1.54, 1.807) is 12.3 Å². The van der Waals surface area contributed by atoms with Crippen LogP contribution in [0.15, 0.2) is 42.9 Å². The molecule has 0 aromatic carbocycles. The van der Waals surface area contributed by atoms with E-state index in [4.69, 9.17) is 10.2 Å². The van der Waals surface area contributed by atoms with Crippen LogP contribution in [0.4, 0.5) is 0 Å². The van der Waals surface area contributed by atoms with Gasteiger partial charge in [0.2, 0.25) is 0 Å². The van der Waals surface area contributed by atoms with Gasteiger partial charge in [0.25, 0.3) is 6.71 Å². The van der Waals surface area contributed by atoms with E-state index < -0.39 is 0 Å². The van der Waals surface area contributed by atoms with Crippen LogP contribution in [0.25, 0.3) is 33.6 Å². The average Bonchev–Trinajstić information content (AvgIpc) is 3.18. The lowest BCUT2D eigenvalue weighted by molar-refractivity contribution is 1.12. The first kappa shape index (κ1) is 18.0. The number of rotatable bonds is 2. The van der Waals surface area contributed by atoms with Crippen LogP contribution in [-0.2, 0) is 0 Å². The number of aromatic nitrogens is 5. The molecule has 1 aliphatic rings. The zero-order valence-electron chi connectivity index (χ0n) is 16.4. The number of hydrogen-bond donors (Lipinski definition) is 0. The first-order valence-corrected chi connectivity index (χ1v) is 9.77. The molecule has 0 aliphatic carbocycles. The smallest absolute Gasteiger partial charge is 0.271 e. The molecule has 142 valence electrons. The third kappa shape index (κ3) is 3.09. The molecular weight excluding hydrogens is 373 g/mol. The molecule has 4 aromatic heterocycles. The van der Waals surface area contributed by atoms with Crippen LogP contribution in [0.1, 0.15) is 23.4 Å². The highest BCUT2D eigenvalue weighted by molar-refractivity contribution is 6.67. The highest BCUT2D eigenvalue weighted by Gasteiger charge is 2.19. The van der Waals surface area contributed by atoms with Crippen molar-refractivity contribution in [3.8, 4) is 23.4 Å². The molecule has 5 heterocycles. The summed E-state index contributed by atoms with van der Waals surface area (Å²) in [6.45, 7) is 2.00. The van der Waals surface area contributed by atoms with Gasteiger partial charge in [-0.1, -0.05) is 12.4 Å². The molecule has 8 heteroatoms. The largest absolute Gasteiger partial charge is 0.305 e. The van der Waals surface area contributed by atoms with Gasteiger partial charge in [-0.15, -0.1) is 0 Å². The van der Waals surface area contributed by atoms with Crippen molar-refractivity contribution in [1.29, 1.82) is 10.5 Å². The summed E-state index contributed by atoms with van der Waals surface area (Å²) in [4.78, 5) is 18.3. The number of nitrogens with zero attached hydrogens (tertiary/aromatic N) is 7. The Balaban J connectivity index is 1.53. The molecule has 0 unspecified atom stereocenters. The molecule has 4 aromatic rings. The minimum Gasteiger partial charge on any atom is -0.305 e. The highest BCUT2D eigenvalue weighted by Crippen LogP contribution is 2.28. The number of pyridine rings is 2. The van der Waals surface area contributed by atoms with Gasteiger partial charge >= 0.3 is 0 Å². The van der Waals surface area contributed by atoms with E-state index in [2.05, 4.69) is 33.1 Å². The molecule has 0 fully saturated rings. The first-order chi connectivity index (χ1) is 14.6. The summed E-state index contributed by atoms with van der Waals surface area (Å²) in [5, 5.41) is 18.6. The predicted octanol–water partition coefficient (Wildman–Crippen LogP) is 3.86. The quantitative estimate of drug-likeness (QED) is 0.482. The molecule has 0 saturated heterocycles. The number of imidazole rings is 1. The Labute approximate surface area is 173 Å². The number of aryl methyl sites for hydroxylation is 1. The van der Waals surface area contributed by atoms with E-state index in [1.165, 1.54) is 5.57 Å². The Morgan fingerprint density at radius 3 is 2.77 bits per heavy atom. The Kier molecular flexibility index (Phi) is 4.26. The average molecular weight is 389 g/mol. The van der Waals surface area contributed by atoms with Crippen LogP contribution >= 0.6 is 0 Å². The molecule has 7 nitrogen and oxygen atoms in total. The Morgan fingerprint density at radius 2 is 2.00 bits per heavy atom.